The second kappa shape index (κ2) is 8.99. The predicted octanol–water partition coefficient (Wildman–Crippen LogP) is 5.94. The van der Waals surface area contributed by atoms with Crippen LogP contribution in [0.4, 0.5) is 5.69 Å². The average molecular weight is 435 g/mol. The van der Waals surface area contributed by atoms with E-state index in [4.69, 9.17) is 24.2 Å². The van der Waals surface area contributed by atoms with E-state index in [1.54, 1.807) is 36.4 Å². The van der Waals surface area contributed by atoms with Gasteiger partial charge in [0.25, 0.3) is 0 Å². The zero-order chi connectivity index (χ0) is 21.9. The second-order valence-electron chi connectivity index (χ2n) is 7.99. The smallest absolute Gasteiger partial charge is 0.182 e. The Labute approximate surface area is 187 Å². The van der Waals surface area contributed by atoms with Crippen molar-refractivity contribution in [1.29, 1.82) is 0 Å². The molecule has 0 bridgehead atoms. The van der Waals surface area contributed by atoms with Crippen molar-refractivity contribution in [2.24, 2.45) is 15.6 Å². The summed E-state index contributed by atoms with van der Waals surface area (Å²) in [6.07, 6.45) is 5.21. The molecule has 1 aliphatic rings. The Kier molecular flexibility index (Phi) is 6.59. The fourth-order valence-corrected chi connectivity index (χ4v) is 3.52. The quantitative estimate of drug-likeness (QED) is 0.471. The molecule has 0 saturated heterocycles. The monoisotopic (exact) mass is 434 g/mol. The van der Waals surface area contributed by atoms with Crippen molar-refractivity contribution in [1.82, 2.24) is 0 Å². The highest BCUT2D eigenvalue weighted by Crippen LogP contribution is 2.33. The molecule has 152 valence electrons. The van der Waals surface area contributed by atoms with E-state index >= 15 is 0 Å². The van der Waals surface area contributed by atoms with Crippen LogP contribution in [0.2, 0.25) is 5.02 Å². The summed E-state index contributed by atoms with van der Waals surface area (Å²) in [4.78, 5) is 13.1. The molecular weight excluding hydrogens is 412 g/mol. The SMILES string of the molecule is C=c1cccc/c1=C(S)\C(N=Nc1ccc(Cl)cc1)=C1\C=CC(=O)C(C(C)(C)C)=C1. The van der Waals surface area contributed by atoms with Gasteiger partial charge in [0.15, 0.2) is 5.78 Å². The minimum atomic E-state index is -0.299. The van der Waals surface area contributed by atoms with Gasteiger partial charge in [-0.25, -0.2) is 0 Å². The molecule has 0 heterocycles. The first-order chi connectivity index (χ1) is 14.2. The highest BCUT2D eigenvalue weighted by molar-refractivity contribution is 7.90. The van der Waals surface area contributed by atoms with Crippen molar-refractivity contribution in [2.45, 2.75) is 20.8 Å². The third-order valence-electron chi connectivity index (χ3n) is 4.65. The maximum Gasteiger partial charge on any atom is 0.182 e. The molecule has 0 spiro atoms. The lowest BCUT2D eigenvalue weighted by Crippen LogP contribution is -2.24. The molecule has 0 aromatic heterocycles. The van der Waals surface area contributed by atoms with Crippen LogP contribution in [-0.2, 0) is 4.79 Å². The van der Waals surface area contributed by atoms with Crippen LogP contribution in [0.5, 0.6) is 0 Å². The number of carbonyl (C=O) groups excluding carboxylic acids is 1. The zero-order valence-corrected chi connectivity index (χ0v) is 18.8. The van der Waals surface area contributed by atoms with Gasteiger partial charge in [0.2, 0.25) is 0 Å². The topological polar surface area (TPSA) is 41.8 Å². The Morgan fingerprint density at radius 1 is 1.03 bits per heavy atom. The van der Waals surface area contributed by atoms with Crippen molar-refractivity contribution in [3.63, 3.8) is 0 Å². The lowest BCUT2D eigenvalue weighted by molar-refractivity contribution is -0.112. The fraction of sp³-hybridized carbons (Fsp3) is 0.160. The number of halogens is 1. The summed E-state index contributed by atoms with van der Waals surface area (Å²) in [7, 11) is 0. The Morgan fingerprint density at radius 2 is 1.70 bits per heavy atom. The van der Waals surface area contributed by atoms with Gasteiger partial charge in [-0.1, -0.05) is 63.2 Å². The molecule has 0 unspecified atom stereocenters. The molecule has 0 saturated carbocycles. The largest absolute Gasteiger partial charge is 0.290 e. The van der Waals surface area contributed by atoms with E-state index in [1.807, 2.05) is 51.1 Å². The van der Waals surface area contributed by atoms with E-state index < -0.39 is 0 Å². The maximum atomic E-state index is 12.4. The summed E-state index contributed by atoms with van der Waals surface area (Å²) in [5.41, 5.74) is 2.41. The molecule has 2 aromatic rings. The first kappa shape index (κ1) is 22.0. The van der Waals surface area contributed by atoms with Crippen molar-refractivity contribution >= 4 is 47.2 Å². The molecule has 0 fully saturated rings. The van der Waals surface area contributed by atoms with Crippen LogP contribution in [0.25, 0.3) is 11.5 Å². The van der Waals surface area contributed by atoms with Crippen molar-refractivity contribution in [3.8, 4) is 0 Å². The Bertz CT molecular complexity index is 1210. The van der Waals surface area contributed by atoms with Gasteiger partial charge >= 0.3 is 0 Å². The van der Waals surface area contributed by atoms with Crippen LogP contribution in [-0.4, -0.2) is 5.78 Å². The number of thiol groups is 1. The van der Waals surface area contributed by atoms with Gasteiger partial charge in [0.1, 0.15) is 5.70 Å². The number of benzene rings is 2. The van der Waals surface area contributed by atoms with E-state index in [2.05, 4.69) is 16.8 Å². The highest BCUT2D eigenvalue weighted by Gasteiger charge is 2.25. The van der Waals surface area contributed by atoms with Gasteiger partial charge in [-0.15, -0.1) is 17.7 Å². The van der Waals surface area contributed by atoms with Crippen LogP contribution in [0.3, 0.4) is 0 Å². The first-order valence-electron chi connectivity index (χ1n) is 9.50. The number of hydrogen-bond donors (Lipinski definition) is 1. The number of hydrogen-bond acceptors (Lipinski definition) is 4. The molecule has 0 atom stereocenters. The molecule has 30 heavy (non-hydrogen) atoms. The average Bonchev–Trinajstić information content (AvgIpc) is 2.70. The molecule has 1 aliphatic carbocycles. The molecule has 5 heteroatoms. The number of carbonyl (C=O) groups is 1. The third-order valence-corrected chi connectivity index (χ3v) is 5.35. The fourth-order valence-electron chi connectivity index (χ4n) is 3.00. The van der Waals surface area contributed by atoms with Crippen LogP contribution in [0, 0.1) is 5.41 Å². The van der Waals surface area contributed by atoms with Crippen LogP contribution in [0.15, 0.2) is 93.8 Å². The van der Waals surface area contributed by atoms with Crippen molar-refractivity contribution in [3.05, 3.63) is 99.1 Å². The van der Waals surface area contributed by atoms with Crippen molar-refractivity contribution in [2.75, 3.05) is 0 Å². The molecule has 0 aliphatic heterocycles. The minimum Gasteiger partial charge on any atom is -0.290 e. The number of allylic oxidation sites excluding steroid dienone is 5. The number of rotatable bonds is 3. The van der Waals surface area contributed by atoms with Gasteiger partial charge in [0.05, 0.1) is 5.69 Å². The zero-order valence-electron chi connectivity index (χ0n) is 17.2. The molecule has 3 nitrogen and oxygen atoms in total. The van der Waals surface area contributed by atoms with E-state index in [0.29, 0.717) is 26.9 Å². The lowest BCUT2D eigenvalue weighted by Gasteiger charge is -2.23. The van der Waals surface area contributed by atoms with Gasteiger partial charge in [0, 0.05) is 21.1 Å². The predicted molar refractivity (Wildman–Crippen MR) is 128 cm³/mol. The molecule has 2 aromatic carbocycles. The maximum absolute atomic E-state index is 12.4. The Balaban J connectivity index is 2.25. The lowest BCUT2D eigenvalue weighted by atomic mass is 9.80. The molecule has 0 radical (unpaired) electrons. The minimum absolute atomic E-state index is 0.00138. The van der Waals surface area contributed by atoms with Crippen LogP contribution >= 0.6 is 24.2 Å². The van der Waals surface area contributed by atoms with E-state index in [-0.39, 0.29) is 11.2 Å². The number of azo groups is 1. The van der Waals surface area contributed by atoms with E-state index in [9.17, 15) is 4.79 Å². The summed E-state index contributed by atoms with van der Waals surface area (Å²) in [6.45, 7) is 10.1. The third kappa shape index (κ3) is 5.07. The molecule has 0 N–H and O–H groups in total. The Morgan fingerprint density at radius 3 is 2.33 bits per heavy atom. The number of ketones is 1. The van der Waals surface area contributed by atoms with Gasteiger partial charge in [-0.2, -0.15) is 5.11 Å². The summed E-state index contributed by atoms with van der Waals surface area (Å²) >= 11 is 10.7. The summed E-state index contributed by atoms with van der Waals surface area (Å²) in [5, 5.41) is 11.2. The normalized spacial score (nSPS) is 17.2. The first-order valence-corrected chi connectivity index (χ1v) is 10.3. The summed E-state index contributed by atoms with van der Waals surface area (Å²) in [6, 6.07) is 14.8. The van der Waals surface area contributed by atoms with Crippen LogP contribution in [0.1, 0.15) is 20.8 Å². The second-order valence-corrected chi connectivity index (χ2v) is 8.88. The standard InChI is InChI=1S/C25H23ClN2OS/c1-16-7-5-6-8-20(16)24(30)23(28-27-19-12-10-18(26)11-13-19)17-9-14-22(29)21(15-17)25(2,3)4/h5-15,30H,1H2,2-4H3/b23-17+,24-20-,28-27?. The number of nitrogens with zero attached hydrogens (tertiary/aromatic N) is 2. The molecule has 3 rings (SSSR count). The highest BCUT2D eigenvalue weighted by atomic mass is 35.5. The summed E-state index contributed by atoms with van der Waals surface area (Å²) in [5.74, 6) is -0.00138. The van der Waals surface area contributed by atoms with E-state index in [1.165, 1.54) is 0 Å². The van der Waals surface area contributed by atoms with Gasteiger partial charge in [-0.05, 0) is 58.3 Å². The molecular formula is C25H23ClN2OS. The van der Waals surface area contributed by atoms with Gasteiger partial charge in [-0.3, -0.25) is 4.79 Å². The van der Waals surface area contributed by atoms with Gasteiger partial charge < -0.3 is 0 Å². The van der Waals surface area contributed by atoms with Crippen LogP contribution < -0.4 is 10.4 Å². The summed E-state index contributed by atoms with van der Waals surface area (Å²) < 4.78 is 0. The van der Waals surface area contributed by atoms with E-state index in [0.717, 1.165) is 16.0 Å². The molecule has 0 amide bonds. The Hall–Kier alpha value is -2.69. The van der Waals surface area contributed by atoms with Crippen molar-refractivity contribution < 1.29 is 4.79 Å².